The molecule has 0 saturated carbocycles. The highest BCUT2D eigenvalue weighted by atomic mass is 32.1. The number of hydrogen-bond donors (Lipinski definition) is 1. The standard InChI is InChI=1S/C14H13N3OS/c1-9-4-3-5-13(15-9)17-14-16-11(8-19-14)12-7-6-10(2)18-12/h3-8H,1-2H3,(H,15,16,17). The third-order valence-corrected chi connectivity index (χ3v) is 3.38. The Balaban J connectivity index is 1.82. The monoisotopic (exact) mass is 271 g/mol. The van der Waals surface area contributed by atoms with Crippen LogP contribution in [-0.2, 0) is 0 Å². The van der Waals surface area contributed by atoms with E-state index in [1.54, 1.807) is 0 Å². The van der Waals surface area contributed by atoms with Crippen molar-refractivity contribution in [3.05, 3.63) is 47.2 Å². The van der Waals surface area contributed by atoms with Crippen molar-refractivity contribution in [1.82, 2.24) is 9.97 Å². The van der Waals surface area contributed by atoms with E-state index in [0.29, 0.717) is 0 Å². The van der Waals surface area contributed by atoms with Crippen LogP contribution in [0.15, 0.2) is 40.1 Å². The molecule has 0 aliphatic heterocycles. The first-order valence-electron chi connectivity index (χ1n) is 5.94. The number of aromatic nitrogens is 2. The van der Waals surface area contributed by atoms with Crippen LogP contribution in [0, 0.1) is 13.8 Å². The molecule has 96 valence electrons. The molecule has 0 bridgehead atoms. The average molecular weight is 271 g/mol. The predicted octanol–water partition coefficient (Wildman–Crippen LogP) is 4.16. The number of hydrogen-bond acceptors (Lipinski definition) is 5. The fraction of sp³-hybridized carbons (Fsp3) is 0.143. The molecule has 5 heteroatoms. The predicted molar refractivity (Wildman–Crippen MR) is 76.8 cm³/mol. The molecule has 3 aromatic heterocycles. The van der Waals surface area contributed by atoms with Crippen LogP contribution in [0.5, 0.6) is 0 Å². The fourth-order valence-corrected chi connectivity index (χ4v) is 2.45. The Labute approximate surface area is 115 Å². The van der Waals surface area contributed by atoms with Gasteiger partial charge in [0.2, 0.25) is 0 Å². The first-order chi connectivity index (χ1) is 9.20. The van der Waals surface area contributed by atoms with Crippen LogP contribution >= 0.6 is 11.3 Å². The van der Waals surface area contributed by atoms with Crippen LogP contribution in [0.4, 0.5) is 10.9 Å². The van der Waals surface area contributed by atoms with Gasteiger partial charge in [-0.2, -0.15) is 0 Å². The van der Waals surface area contributed by atoms with Gasteiger partial charge < -0.3 is 9.73 Å². The Morgan fingerprint density at radius 3 is 2.74 bits per heavy atom. The molecule has 0 aliphatic carbocycles. The second kappa shape index (κ2) is 4.85. The van der Waals surface area contributed by atoms with Crippen molar-refractivity contribution in [3.8, 4) is 11.5 Å². The number of furan rings is 1. The Kier molecular flexibility index (Phi) is 3.05. The van der Waals surface area contributed by atoms with Gasteiger partial charge in [0, 0.05) is 11.1 Å². The lowest BCUT2D eigenvalue weighted by molar-refractivity contribution is 0.547. The zero-order valence-corrected chi connectivity index (χ0v) is 11.5. The van der Waals surface area contributed by atoms with E-state index >= 15 is 0 Å². The number of thiazole rings is 1. The molecule has 0 aromatic carbocycles. The molecule has 0 saturated heterocycles. The number of nitrogens with zero attached hydrogens (tertiary/aromatic N) is 2. The second-order valence-corrected chi connectivity index (χ2v) is 5.10. The highest BCUT2D eigenvalue weighted by Gasteiger charge is 2.08. The minimum absolute atomic E-state index is 0.791. The molecule has 1 N–H and O–H groups in total. The topological polar surface area (TPSA) is 51.0 Å². The first kappa shape index (κ1) is 11.9. The number of anilines is 2. The SMILES string of the molecule is Cc1cccc(Nc2nc(-c3ccc(C)o3)cs2)n1. The van der Waals surface area contributed by atoms with Crippen molar-refractivity contribution in [2.75, 3.05) is 5.32 Å². The number of nitrogens with one attached hydrogen (secondary N) is 1. The smallest absolute Gasteiger partial charge is 0.188 e. The van der Waals surface area contributed by atoms with E-state index in [-0.39, 0.29) is 0 Å². The molecule has 3 aromatic rings. The normalized spacial score (nSPS) is 10.6. The van der Waals surface area contributed by atoms with Gasteiger partial charge in [0.25, 0.3) is 0 Å². The number of pyridine rings is 1. The van der Waals surface area contributed by atoms with E-state index in [0.717, 1.165) is 33.9 Å². The molecule has 0 spiro atoms. The van der Waals surface area contributed by atoms with Crippen LogP contribution in [0.25, 0.3) is 11.5 Å². The molecule has 0 radical (unpaired) electrons. The molecule has 0 amide bonds. The second-order valence-electron chi connectivity index (χ2n) is 4.24. The zero-order valence-electron chi connectivity index (χ0n) is 10.7. The first-order valence-corrected chi connectivity index (χ1v) is 6.82. The average Bonchev–Trinajstić information content (AvgIpc) is 2.98. The molecule has 4 nitrogen and oxygen atoms in total. The lowest BCUT2D eigenvalue weighted by Gasteiger charge is -2.01. The lowest BCUT2D eigenvalue weighted by atomic mass is 10.3. The highest BCUT2D eigenvalue weighted by molar-refractivity contribution is 7.14. The lowest BCUT2D eigenvalue weighted by Crippen LogP contribution is -1.93. The van der Waals surface area contributed by atoms with E-state index in [1.165, 1.54) is 11.3 Å². The van der Waals surface area contributed by atoms with Crippen LogP contribution in [0.2, 0.25) is 0 Å². The molecule has 19 heavy (non-hydrogen) atoms. The van der Waals surface area contributed by atoms with Gasteiger partial charge in [0.15, 0.2) is 10.9 Å². The molecule has 0 fully saturated rings. The summed E-state index contributed by atoms with van der Waals surface area (Å²) >= 11 is 1.53. The third-order valence-electron chi connectivity index (χ3n) is 2.62. The largest absolute Gasteiger partial charge is 0.460 e. The molecular formula is C14H13N3OS. The highest BCUT2D eigenvalue weighted by Crippen LogP contribution is 2.27. The van der Waals surface area contributed by atoms with Crippen LogP contribution in [0.1, 0.15) is 11.5 Å². The molecule has 3 heterocycles. The van der Waals surface area contributed by atoms with Gasteiger partial charge in [-0.05, 0) is 38.1 Å². The van der Waals surface area contributed by atoms with Gasteiger partial charge in [-0.25, -0.2) is 9.97 Å². The molecule has 3 rings (SSSR count). The van der Waals surface area contributed by atoms with Crippen molar-refractivity contribution < 1.29 is 4.42 Å². The zero-order chi connectivity index (χ0) is 13.2. The molecule has 0 unspecified atom stereocenters. The van der Waals surface area contributed by atoms with E-state index in [4.69, 9.17) is 4.42 Å². The maximum Gasteiger partial charge on any atom is 0.188 e. The van der Waals surface area contributed by atoms with Crippen molar-refractivity contribution in [1.29, 1.82) is 0 Å². The molecule has 0 atom stereocenters. The number of rotatable bonds is 3. The van der Waals surface area contributed by atoms with Crippen LogP contribution < -0.4 is 5.32 Å². The van der Waals surface area contributed by atoms with Crippen LogP contribution in [-0.4, -0.2) is 9.97 Å². The Morgan fingerprint density at radius 2 is 2.00 bits per heavy atom. The van der Waals surface area contributed by atoms with Crippen molar-refractivity contribution in [2.45, 2.75) is 13.8 Å². The summed E-state index contributed by atoms with van der Waals surface area (Å²) in [7, 11) is 0. The van der Waals surface area contributed by atoms with Crippen molar-refractivity contribution >= 4 is 22.3 Å². The van der Waals surface area contributed by atoms with Gasteiger partial charge in [-0.1, -0.05) is 6.07 Å². The van der Waals surface area contributed by atoms with Gasteiger partial charge in [-0.15, -0.1) is 11.3 Å². The summed E-state index contributed by atoms with van der Waals surface area (Å²) in [5, 5.41) is 5.97. The van der Waals surface area contributed by atoms with Crippen LogP contribution in [0.3, 0.4) is 0 Å². The van der Waals surface area contributed by atoms with Crippen molar-refractivity contribution in [2.24, 2.45) is 0 Å². The Hall–Kier alpha value is -2.14. The van der Waals surface area contributed by atoms with Gasteiger partial charge in [0.1, 0.15) is 17.3 Å². The van der Waals surface area contributed by atoms with E-state index < -0.39 is 0 Å². The maximum absolute atomic E-state index is 5.55. The van der Waals surface area contributed by atoms with Gasteiger partial charge >= 0.3 is 0 Å². The van der Waals surface area contributed by atoms with Gasteiger partial charge in [0.05, 0.1) is 0 Å². The maximum atomic E-state index is 5.55. The minimum atomic E-state index is 0.791. The summed E-state index contributed by atoms with van der Waals surface area (Å²) in [6, 6.07) is 9.72. The summed E-state index contributed by atoms with van der Waals surface area (Å²) in [6.45, 7) is 3.88. The molecule has 0 aliphatic rings. The third kappa shape index (κ3) is 2.66. The summed E-state index contributed by atoms with van der Waals surface area (Å²) in [5.74, 6) is 2.48. The summed E-state index contributed by atoms with van der Waals surface area (Å²) in [6.07, 6.45) is 0. The van der Waals surface area contributed by atoms with E-state index in [9.17, 15) is 0 Å². The Morgan fingerprint density at radius 1 is 1.11 bits per heavy atom. The molecular weight excluding hydrogens is 258 g/mol. The summed E-state index contributed by atoms with van der Waals surface area (Å²) in [5.41, 5.74) is 1.82. The van der Waals surface area contributed by atoms with Gasteiger partial charge in [-0.3, -0.25) is 0 Å². The Bertz CT molecular complexity index is 702. The summed E-state index contributed by atoms with van der Waals surface area (Å²) < 4.78 is 5.55. The minimum Gasteiger partial charge on any atom is -0.460 e. The number of aryl methyl sites for hydroxylation is 2. The van der Waals surface area contributed by atoms with E-state index in [1.807, 2.05) is 49.6 Å². The van der Waals surface area contributed by atoms with Crippen molar-refractivity contribution in [3.63, 3.8) is 0 Å². The van der Waals surface area contributed by atoms with E-state index in [2.05, 4.69) is 15.3 Å². The fourth-order valence-electron chi connectivity index (χ4n) is 1.74. The summed E-state index contributed by atoms with van der Waals surface area (Å²) in [4.78, 5) is 8.88. The quantitative estimate of drug-likeness (QED) is 0.777.